The van der Waals surface area contributed by atoms with E-state index >= 15 is 0 Å². The summed E-state index contributed by atoms with van der Waals surface area (Å²) in [5, 5.41) is 7.84. The highest BCUT2D eigenvalue weighted by Crippen LogP contribution is 2.33. The summed E-state index contributed by atoms with van der Waals surface area (Å²) in [6.45, 7) is 4.43. The summed E-state index contributed by atoms with van der Waals surface area (Å²) in [5.41, 5.74) is 0. The molecule has 0 amide bonds. The van der Waals surface area contributed by atoms with Gasteiger partial charge in [-0.1, -0.05) is 6.92 Å². The van der Waals surface area contributed by atoms with Gasteiger partial charge in [0.2, 0.25) is 0 Å². The van der Waals surface area contributed by atoms with E-state index in [2.05, 4.69) is 17.3 Å². The van der Waals surface area contributed by atoms with Crippen molar-refractivity contribution < 1.29 is 0 Å². The second kappa shape index (κ2) is 5.31. The predicted molar refractivity (Wildman–Crippen MR) is 61.6 cm³/mol. The Morgan fingerprint density at radius 2 is 2.40 bits per heavy atom. The molecule has 1 fully saturated rings. The van der Waals surface area contributed by atoms with E-state index in [4.69, 9.17) is 0 Å². The van der Waals surface area contributed by atoms with Crippen molar-refractivity contribution in [2.24, 2.45) is 5.92 Å². The number of nitrogens with zero attached hydrogens (tertiary/aromatic N) is 2. The summed E-state index contributed by atoms with van der Waals surface area (Å²) in [6.07, 6.45) is 9.18. The van der Waals surface area contributed by atoms with Crippen LogP contribution in [0.15, 0.2) is 18.5 Å². The number of nitrogens with one attached hydrogen (secondary N) is 1. The highest BCUT2D eigenvalue weighted by Gasteiger charge is 2.29. The van der Waals surface area contributed by atoms with E-state index in [0.29, 0.717) is 0 Å². The van der Waals surface area contributed by atoms with E-state index in [1.807, 2.05) is 23.1 Å². The molecule has 0 aliphatic heterocycles. The van der Waals surface area contributed by atoms with Crippen molar-refractivity contribution in [1.29, 1.82) is 0 Å². The molecule has 1 saturated carbocycles. The van der Waals surface area contributed by atoms with Crippen LogP contribution in [-0.2, 0) is 6.54 Å². The molecule has 1 aliphatic rings. The van der Waals surface area contributed by atoms with Gasteiger partial charge in [0.1, 0.15) is 0 Å². The molecule has 1 N–H and O–H groups in total. The van der Waals surface area contributed by atoms with Gasteiger partial charge in [-0.05, 0) is 44.2 Å². The summed E-state index contributed by atoms with van der Waals surface area (Å²) in [5.74, 6) is 0.972. The van der Waals surface area contributed by atoms with Crippen molar-refractivity contribution in [3.8, 4) is 0 Å². The molecule has 0 spiro atoms. The predicted octanol–water partition coefficient (Wildman–Crippen LogP) is 2.05. The summed E-state index contributed by atoms with van der Waals surface area (Å²) in [7, 11) is 0. The van der Waals surface area contributed by atoms with E-state index in [0.717, 1.165) is 25.0 Å². The second-order valence-electron chi connectivity index (χ2n) is 4.43. The lowest BCUT2D eigenvalue weighted by Crippen LogP contribution is -2.31. The Bertz CT molecular complexity index is 264. The molecule has 2 rings (SSSR count). The second-order valence-corrected chi connectivity index (χ2v) is 4.43. The lowest BCUT2D eigenvalue weighted by atomic mass is 10.1. The summed E-state index contributed by atoms with van der Waals surface area (Å²) < 4.78 is 2.00. The maximum absolute atomic E-state index is 4.19. The zero-order chi connectivity index (χ0) is 10.5. The molecule has 0 aromatic carbocycles. The molecule has 1 aromatic heterocycles. The lowest BCUT2D eigenvalue weighted by Gasteiger charge is -2.15. The number of hydrogen-bond acceptors (Lipinski definition) is 2. The van der Waals surface area contributed by atoms with Gasteiger partial charge >= 0.3 is 0 Å². The molecule has 1 aromatic rings. The van der Waals surface area contributed by atoms with Crippen LogP contribution in [0.5, 0.6) is 0 Å². The van der Waals surface area contributed by atoms with Gasteiger partial charge in [-0.15, -0.1) is 0 Å². The van der Waals surface area contributed by atoms with Crippen LogP contribution >= 0.6 is 0 Å². The molecule has 0 saturated heterocycles. The van der Waals surface area contributed by atoms with Crippen LogP contribution in [-0.4, -0.2) is 22.4 Å². The van der Waals surface area contributed by atoms with Gasteiger partial charge in [0.25, 0.3) is 0 Å². The third-order valence-corrected chi connectivity index (χ3v) is 3.16. The molecule has 3 heteroatoms. The van der Waals surface area contributed by atoms with Gasteiger partial charge in [0, 0.05) is 25.0 Å². The van der Waals surface area contributed by atoms with E-state index in [1.165, 1.54) is 25.7 Å². The summed E-state index contributed by atoms with van der Waals surface area (Å²) >= 11 is 0. The molecular formula is C12H21N3. The molecule has 0 radical (unpaired) electrons. The quantitative estimate of drug-likeness (QED) is 0.693. The largest absolute Gasteiger partial charge is 0.314 e. The van der Waals surface area contributed by atoms with Gasteiger partial charge in [-0.25, -0.2) is 0 Å². The molecule has 1 aliphatic carbocycles. The molecule has 84 valence electrons. The van der Waals surface area contributed by atoms with Crippen molar-refractivity contribution in [2.45, 2.75) is 45.2 Å². The van der Waals surface area contributed by atoms with Crippen molar-refractivity contribution in [2.75, 3.05) is 6.54 Å². The average Bonchev–Trinajstić information content (AvgIpc) is 2.95. The topological polar surface area (TPSA) is 29.9 Å². The minimum Gasteiger partial charge on any atom is -0.314 e. The fraction of sp³-hybridized carbons (Fsp3) is 0.750. The molecule has 3 nitrogen and oxygen atoms in total. The first-order valence-electron chi connectivity index (χ1n) is 6.11. The zero-order valence-electron chi connectivity index (χ0n) is 9.52. The molecule has 1 unspecified atom stereocenters. The Labute approximate surface area is 91.9 Å². The molecule has 1 atom stereocenters. The summed E-state index contributed by atoms with van der Waals surface area (Å²) in [4.78, 5) is 0. The highest BCUT2D eigenvalue weighted by molar-refractivity contribution is 4.85. The van der Waals surface area contributed by atoms with Gasteiger partial charge in [-0.3, -0.25) is 4.68 Å². The van der Waals surface area contributed by atoms with Crippen LogP contribution in [0.4, 0.5) is 0 Å². The Balaban J connectivity index is 1.58. The van der Waals surface area contributed by atoms with Crippen LogP contribution in [0.2, 0.25) is 0 Å². The Kier molecular flexibility index (Phi) is 3.78. The molecule has 0 bridgehead atoms. The zero-order valence-corrected chi connectivity index (χ0v) is 9.52. The van der Waals surface area contributed by atoms with Gasteiger partial charge < -0.3 is 5.32 Å². The Morgan fingerprint density at radius 1 is 1.53 bits per heavy atom. The normalized spacial score (nSPS) is 17.9. The summed E-state index contributed by atoms with van der Waals surface area (Å²) in [6, 6.07) is 2.74. The third-order valence-electron chi connectivity index (χ3n) is 3.16. The number of aryl methyl sites for hydroxylation is 1. The van der Waals surface area contributed by atoms with Crippen molar-refractivity contribution in [1.82, 2.24) is 15.1 Å². The first-order valence-corrected chi connectivity index (χ1v) is 6.11. The minimum atomic E-state index is 0.766. The van der Waals surface area contributed by atoms with E-state index in [9.17, 15) is 0 Å². The highest BCUT2D eigenvalue weighted by atomic mass is 15.3. The van der Waals surface area contributed by atoms with Gasteiger partial charge in [-0.2, -0.15) is 5.10 Å². The molecule has 15 heavy (non-hydrogen) atoms. The van der Waals surface area contributed by atoms with Crippen LogP contribution in [0.25, 0.3) is 0 Å². The lowest BCUT2D eigenvalue weighted by molar-refractivity contribution is 0.431. The number of hydrogen-bond donors (Lipinski definition) is 1. The van der Waals surface area contributed by atoms with E-state index in [-0.39, 0.29) is 0 Å². The number of aromatic nitrogens is 2. The molecular weight excluding hydrogens is 186 g/mol. The van der Waals surface area contributed by atoms with Gasteiger partial charge in [0.05, 0.1) is 0 Å². The third kappa shape index (κ3) is 3.34. The van der Waals surface area contributed by atoms with Crippen LogP contribution in [0, 0.1) is 5.92 Å². The smallest absolute Gasteiger partial charge is 0.0489 e. The van der Waals surface area contributed by atoms with Crippen LogP contribution in [0.1, 0.15) is 32.6 Å². The van der Waals surface area contributed by atoms with Crippen molar-refractivity contribution >= 4 is 0 Å². The van der Waals surface area contributed by atoms with Crippen molar-refractivity contribution in [3.05, 3.63) is 18.5 Å². The molecule has 1 heterocycles. The first-order chi connectivity index (χ1) is 7.40. The van der Waals surface area contributed by atoms with E-state index < -0.39 is 0 Å². The Morgan fingerprint density at radius 3 is 3.00 bits per heavy atom. The fourth-order valence-electron chi connectivity index (χ4n) is 2.10. The number of rotatable bonds is 7. The standard InChI is InChI=1S/C12H21N3/c1-2-12(11-5-6-11)13-7-3-9-15-10-4-8-14-15/h4,8,10-13H,2-3,5-7,9H2,1H3. The first kappa shape index (κ1) is 10.7. The van der Waals surface area contributed by atoms with Gasteiger partial charge in [0.15, 0.2) is 0 Å². The fourth-order valence-corrected chi connectivity index (χ4v) is 2.10. The van der Waals surface area contributed by atoms with Crippen LogP contribution in [0.3, 0.4) is 0 Å². The Hall–Kier alpha value is -0.830. The minimum absolute atomic E-state index is 0.766. The van der Waals surface area contributed by atoms with Crippen molar-refractivity contribution in [3.63, 3.8) is 0 Å². The average molecular weight is 207 g/mol. The van der Waals surface area contributed by atoms with E-state index in [1.54, 1.807) is 0 Å². The maximum Gasteiger partial charge on any atom is 0.0489 e. The maximum atomic E-state index is 4.19. The monoisotopic (exact) mass is 207 g/mol. The van der Waals surface area contributed by atoms with Crippen LogP contribution < -0.4 is 5.32 Å². The SMILES string of the molecule is CCC(NCCCn1cccn1)C1CC1.